The first-order valence-electron chi connectivity index (χ1n) is 11.1. The minimum absolute atomic E-state index is 0.0166. The number of H-pyrrole nitrogens is 1. The third-order valence-corrected chi connectivity index (χ3v) is 6.82. The van der Waals surface area contributed by atoms with Gasteiger partial charge in [0.15, 0.2) is 0 Å². The van der Waals surface area contributed by atoms with E-state index in [4.69, 9.17) is 4.74 Å². The number of amides is 1. The molecule has 0 radical (unpaired) electrons. The van der Waals surface area contributed by atoms with Crippen LogP contribution in [0.25, 0.3) is 0 Å². The first-order chi connectivity index (χ1) is 15.3. The predicted molar refractivity (Wildman–Crippen MR) is 111 cm³/mol. The minimum atomic E-state index is -4.55. The summed E-state index contributed by atoms with van der Waals surface area (Å²) in [5.74, 6) is -0.159. The molecule has 2 heterocycles. The van der Waals surface area contributed by atoms with E-state index in [2.05, 4.69) is 22.3 Å². The fourth-order valence-electron chi connectivity index (χ4n) is 5.16. The highest BCUT2D eigenvalue weighted by atomic mass is 19.4. The Morgan fingerprint density at radius 3 is 2.53 bits per heavy atom. The lowest BCUT2D eigenvalue weighted by molar-refractivity contribution is -0.138. The molecule has 1 saturated carbocycles. The highest BCUT2D eigenvalue weighted by Gasteiger charge is 2.43. The van der Waals surface area contributed by atoms with Crippen molar-refractivity contribution in [2.75, 3.05) is 13.2 Å². The molecule has 4 rings (SSSR count). The van der Waals surface area contributed by atoms with Crippen LogP contribution in [0.2, 0.25) is 0 Å². The number of carboxylic acid groups (broad SMARTS) is 1. The first-order valence-corrected chi connectivity index (χ1v) is 11.1. The summed E-state index contributed by atoms with van der Waals surface area (Å²) in [5.41, 5.74) is 0.433. The molecule has 1 aliphatic heterocycles. The maximum Gasteiger partial charge on any atom is 0.419 e. The van der Waals surface area contributed by atoms with Gasteiger partial charge in [-0.1, -0.05) is 30.3 Å². The molecule has 6 nitrogen and oxygen atoms in total. The lowest BCUT2D eigenvalue weighted by Crippen LogP contribution is -2.50. The monoisotopic (exact) mass is 451 g/mol. The lowest BCUT2D eigenvalue weighted by atomic mass is 9.82. The van der Waals surface area contributed by atoms with Crippen LogP contribution in [-0.2, 0) is 10.9 Å². The van der Waals surface area contributed by atoms with Crippen molar-refractivity contribution >= 4 is 6.09 Å². The second kappa shape index (κ2) is 9.52. The number of rotatable bonds is 5. The number of likely N-dealkylation sites (tertiary alicyclic amines) is 1. The van der Waals surface area contributed by atoms with Gasteiger partial charge in [-0.2, -0.15) is 18.3 Å². The van der Waals surface area contributed by atoms with Crippen molar-refractivity contribution in [1.29, 1.82) is 0 Å². The predicted octanol–water partition coefficient (Wildman–Crippen LogP) is 5.40. The van der Waals surface area contributed by atoms with E-state index in [0.29, 0.717) is 18.8 Å². The van der Waals surface area contributed by atoms with E-state index in [0.717, 1.165) is 31.9 Å². The normalized spacial score (nSPS) is 26.8. The molecule has 2 atom stereocenters. The summed E-state index contributed by atoms with van der Waals surface area (Å²) < 4.78 is 46.5. The molecule has 0 bridgehead atoms. The van der Waals surface area contributed by atoms with Crippen molar-refractivity contribution in [3.05, 3.63) is 53.3 Å². The van der Waals surface area contributed by atoms with Crippen molar-refractivity contribution < 1.29 is 27.8 Å². The third kappa shape index (κ3) is 4.92. The second-order valence-electron chi connectivity index (χ2n) is 8.70. The van der Waals surface area contributed by atoms with Gasteiger partial charge < -0.3 is 14.7 Å². The Morgan fingerprint density at radius 2 is 1.88 bits per heavy atom. The van der Waals surface area contributed by atoms with Gasteiger partial charge in [0, 0.05) is 12.5 Å². The van der Waals surface area contributed by atoms with Crippen molar-refractivity contribution in [2.24, 2.45) is 0 Å². The van der Waals surface area contributed by atoms with Crippen LogP contribution in [-0.4, -0.2) is 51.6 Å². The molecular formula is C23H28F3N3O3. The Hall–Kier alpha value is -2.55. The molecule has 1 saturated heterocycles. The molecule has 1 amide bonds. The van der Waals surface area contributed by atoms with E-state index in [9.17, 15) is 23.1 Å². The average Bonchev–Trinajstić information content (AvgIpc) is 3.29. The van der Waals surface area contributed by atoms with Crippen LogP contribution in [0.3, 0.4) is 0 Å². The van der Waals surface area contributed by atoms with Gasteiger partial charge in [-0.25, -0.2) is 4.79 Å². The van der Waals surface area contributed by atoms with E-state index >= 15 is 0 Å². The van der Waals surface area contributed by atoms with Gasteiger partial charge in [0.1, 0.15) is 0 Å². The minimum Gasteiger partial charge on any atom is -0.465 e. The summed E-state index contributed by atoms with van der Waals surface area (Å²) in [5, 5.41) is 15.8. The van der Waals surface area contributed by atoms with Crippen LogP contribution in [0.15, 0.2) is 36.5 Å². The quantitative estimate of drug-likeness (QED) is 0.638. The zero-order chi connectivity index (χ0) is 22.7. The Morgan fingerprint density at radius 1 is 1.16 bits per heavy atom. The van der Waals surface area contributed by atoms with Crippen molar-refractivity contribution in [1.82, 2.24) is 15.1 Å². The number of hydrogen-bond donors (Lipinski definition) is 2. The average molecular weight is 451 g/mol. The molecule has 2 fully saturated rings. The van der Waals surface area contributed by atoms with Crippen molar-refractivity contribution in [3.63, 3.8) is 0 Å². The van der Waals surface area contributed by atoms with Crippen LogP contribution in [0.4, 0.5) is 18.0 Å². The van der Waals surface area contributed by atoms with Gasteiger partial charge in [-0.3, -0.25) is 5.10 Å². The fraction of sp³-hybridized carbons (Fsp3) is 0.565. The van der Waals surface area contributed by atoms with Crippen LogP contribution < -0.4 is 0 Å². The number of benzene rings is 1. The summed E-state index contributed by atoms with van der Waals surface area (Å²) in [7, 11) is 0. The zero-order valence-electron chi connectivity index (χ0n) is 17.7. The molecule has 2 aliphatic rings. The van der Waals surface area contributed by atoms with Crippen LogP contribution in [0.1, 0.15) is 67.2 Å². The smallest absolute Gasteiger partial charge is 0.419 e. The van der Waals surface area contributed by atoms with E-state index < -0.39 is 29.8 Å². The van der Waals surface area contributed by atoms with Gasteiger partial charge in [0.2, 0.25) is 0 Å². The lowest BCUT2D eigenvalue weighted by Gasteiger charge is -2.40. The van der Waals surface area contributed by atoms with Gasteiger partial charge in [0.25, 0.3) is 0 Å². The highest BCUT2D eigenvalue weighted by Crippen LogP contribution is 2.40. The molecule has 0 spiro atoms. The fourth-order valence-corrected chi connectivity index (χ4v) is 5.16. The number of piperidine rings is 1. The molecule has 1 aromatic carbocycles. The SMILES string of the molecule is O=C(O)N1CCCC(c2[nH]ncc2C(F)(F)F)C1COC1CCC(c2ccccc2)CC1. The highest BCUT2D eigenvalue weighted by molar-refractivity contribution is 5.66. The van der Waals surface area contributed by atoms with E-state index in [1.54, 1.807) is 0 Å². The summed E-state index contributed by atoms with van der Waals surface area (Å²) in [6.45, 7) is 0.365. The maximum absolute atomic E-state index is 13.5. The Labute approximate surface area is 184 Å². The topological polar surface area (TPSA) is 78.5 Å². The Bertz CT molecular complexity index is 895. The number of nitrogens with one attached hydrogen (secondary N) is 1. The number of hydrogen-bond acceptors (Lipinski definition) is 3. The number of alkyl halides is 3. The molecule has 1 aliphatic carbocycles. The van der Waals surface area contributed by atoms with Gasteiger partial charge >= 0.3 is 12.3 Å². The largest absolute Gasteiger partial charge is 0.465 e. The summed E-state index contributed by atoms with van der Waals surface area (Å²) in [4.78, 5) is 13.1. The second-order valence-corrected chi connectivity index (χ2v) is 8.70. The molecule has 2 N–H and O–H groups in total. The molecule has 2 unspecified atom stereocenters. The van der Waals surface area contributed by atoms with Crippen LogP contribution >= 0.6 is 0 Å². The van der Waals surface area contributed by atoms with Gasteiger partial charge in [-0.15, -0.1) is 0 Å². The third-order valence-electron chi connectivity index (χ3n) is 6.82. The van der Waals surface area contributed by atoms with Crippen molar-refractivity contribution in [2.45, 2.75) is 68.7 Å². The summed E-state index contributed by atoms with van der Waals surface area (Å²) in [6, 6.07) is 9.64. The number of carbonyl (C=O) groups is 1. The molecular weight excluding hydrogens is 423 g/mol. The van der Waals surface area contributed by atoms with Crippen LogP contribution in [0, 0.1) is 0 Å². The van der Waals surface area contributed by atoms with E-state index in [1.807, 2.05) is 18.2 Å². The zero-order valence-corrected chi connectivity index (χ0v) is 17.7. The summed E-state index contributed by atoms with van der Waals surface area (Å²) in [6.07, 6.45) is -0.331. The first kappa shape index (κ1) is 22.6. The maximum atomic E-state index is 13.5. The van der Waals surface area contributed by atoms with Gasteiger partial charge in [0.05, 0.1) is 36.2 Å². The van der Waals surface area contributed by atoms with E-state index in [-0.39, 0.29) is 24.9 Å². The molecule has 2 aromatic rings. The number of nitrogens with zero attached hydrogens (tertiary/aromatic N) is 2. The van der Waals surface area contributed by atoms with Gasteiger partial charge in [-0.05, 0) is 50.0 Å². The number of ether oxygens (including phenoxy) is 1. The van der Waals surface area contributed by atoms with E-state index in [1.165, 1.54) is 10.5 Å². The number of aromatic nitrogens is 2. The summed E-state index contributed by atoms with van der Waals surface area (Å²) >= 11 is 0. The Balaban J connectivity index is 1.44. The standard InChI is InChI=1S/C23H28F3N3O3/c24-23(25,26)19-13-27-28-21(19)18-7-4-12-29(22(30)31)20(18)14-32-17-10-8-16(9-11-17)15-5-2-1-3-6-15/h1-3,5-6,13,16-18,20H,4,7-12,14H2,(H,27,28)(H,30,31). The van der Waals surface area contributed by atoms with Crippen LogP contribution in [0.5, 0.6) is 0 Å². The number of halogens is 3. The molecule has 9 heteroatoms. The molecule has 32 heavy (non-hydrogen) atoms. The molecule has 1 aromatic heterocycles. The molecule has 174 valence electrons. The Kier molecular flexibility index (Phi) is 6.74. The number of aromatic amines is 1. The van der Waals surface area contributed by atoms with Crippen molar-refractivity contribution in [3.8, 4) is 0 Å².